The van der Waals surface area contributed by atoms with E-state index in [1.165, 1.54) is 0 Å². The van der Waals surface area contributed by atoms with Crippen LogP contribution in [0.4, 0.5) is 0 Å². The third-order valence-electron chi connectivity index (χ3n) is 3.74. The van der Waals surface area contributed by atoms with Crippen molar-refractivity contribution in [1.29, 1.82) is 0 Å². The number of hydrogen-bond acceptors (Lipinski definition) is 2. The van der Waals surface area contributed by atoms with E-state index < -0.39 is 0 Å². The zero-order valence-corrected chi connectivity index (χ0v) is 14.0. The first-order valence-electron chi connectivity index (χ1n) is 7.29. The van der Waals surface area contributed by atoms with Crippen LogP contribution in [0.15, 0.2) is 66.7 Å². The van der Waals surface area contributed by atoms with Crippen molar-refractivity contribution in [2.75, 3.05) is 5.33 Å². The Morgan fingerprint density at radius 3 is 2.26 bits per heavy atom. The number of benzene rings is 2. The van der Waals surface area contributed by atoms with Crippen molar-refractivity contribution in [3.8, 4) is 0 Å². The molecule has 0 aliphatic rings. The van der Waals surface area contributed by atoms with E-state index in [9.17, 15) is 9.59 Å². The van der Waals surface area contributed by atoms with Gasteiger partial charge in [0.05, 0.1) is 5.33 Å². The molecule has 0 aliphatic carbocycles. The molecule has 1 heterocycles. The maximum Gasteiger partial charge on any atom is 0.250 e. The molecule has 2 aromatic carbocycles. The van der Waals surface area contributed by atoms with Gasteiger partial charge in [0.1, 0.15) is 0 Å². The highest BCUT2D eigenvalue weighted by atomic mass is 79.9. The predicted molar refractivity (Wildman–Crippen MR) is 93.0 cm³/mol. The average molecular weight is 369 g/mol. The lowest BCUT2D eigenvalue weighted by molar-refractivity contribution is -0.658. The van der Waals surface area contributed by atoms with E-state index in [0.29, 0.717) is 11.3 Å². The topological polar surface area (TPSA) is 38.0 Å². The Labute approximate surface area is 142 Å². The molecule has 114 valence electrons. The number of halogens is 1. The summed E-state index contributed by atoms with van der Waals surface area (Å²) in [6.45, 7) is 0.138. The summed E-state index contributed by atoms with van der Waals surface area (Å²) in [4.78, 5) is 24.8. The van der Waals surface area contributed by atoms with Crippen LogP contribution in [-0.2, 0) is 6.54 Å². The summed E-state index contributed by atoms with van der Waals surface area (Å²) in [6, 6.07) is 20.6. The molecule has 0 saturated carbocycles. The van der Waals surface area contributed by atoms with Crippen molar-refractivity contribution in [3.63, 3.8) is 0 Å². The monoisotopic (exact) mass is 368 g/mol. The molecule has 1 aromatic heterocycles. The highest BCUT2D eigenvalue weighted by Gasteiger charge is 2.24. The first-order valence-corrected chi connectivity index (χ1v) is 8.42. The molecule has 0 amide bonds. The molecule has 0 saturated heterocycles. The van der Waals surface area contributed by atoms with Crippen LogP contribution in [-0.4, -0.2) is 16.9 Å². The quantitative estimate of drug-likeness (QED) is 0.392. The van der Waals surface area contributed by atoms with E-state index in [4.69, 9.17) is 0 Å². The molecule has 4 heteroatoms. The van der Waals surface area contributed by atoms with Crippen molar-refractivity contribution in [2.24, 2.45) is 0 Å². The molecule has 3 nitrogen and oxygen atoms in total. The summed E-state index contributed by atoms with van der Waals surface area (Å²) in [5.74, 6) is -0.0628. The maximum absolute atomic E-state index is 12.6. The smallest absolute Gasteiger partial charge is 0.250 e. The summed E-state index contributed by atoms with van der Waals surface area (Å²) in [6.07, 6.45) is 0. The number of ketones is 2. The molecule has 0 unspecified atom stereocenters. The largest absolute Gasteiger partial charge is 0.287 e. The lowest BCUT2D eigenvalue weighted by Crippen LogP contribution is -2.44. The number of alkyl halides is 1. The molecule has 0 spiro atoms. The average Bonchev–Trinajstić information content (AvgIpc) is 2.62. The van der Waals surface area contributed by atoms with Gasteiger partial charge in [-0.05, 0) is 12.1 Å². The first kappa shape index (κ1) is 15.6. The third kappa shape index (κ3) is 3.22. The molecule has 23 heavy (non-hydrogen) atoms. The van der Waals surface area contributed by atoms with Gasteiger partial charge in [-0.25, -0.2) is 0 Å². The molecule has 0 fully saturated rings. The summed E-state index contributed by atoms with van der Waals surface area (Å²) in [7, 11) is 0. The van der Waals surface area contributed by atoms with Crippen LogP contribution in [0, 0.1) is 0 Å². The Hall–Kier alpha value is -2.33. The normalized spacial score (nSPS) is 10.7. The number of fused-ring (bicyclic) bond motifs is 1. The van der Waals surface area contributed by atoms with E-state index in [1.54, 1.807) is 22.8 Å². The Morgan fingerprint density at radius 1 is 0.826 bits per heavy atom. The van der Waals surface area contributed by atoms with Crippen molar-refractivity contribution in [3.05, 3.63) is 78.0 Å². The SMILES string of the molecule is O=C(C[n+]1c(C(=O)CBr)ccc2ccccc21)c1ccccc1. The number of hydrogen-bond donors (Lipinski definition) is 0. The van der Waals surface area contributed by atoms with Gasteiger partial charge in [-0.3, -0.25) is 9.59 Å². The van der Waals surface area contributed by atoms with Crippen LogP contribution in [0.25, 0.3) is 10.9 Å². The second kappa shape index (κ2) is 6.84. The highest BCUT2D eigenvalue weighted by molar-refractivity contribution is 9.09. The minimum absolute atomic E-state index is 0.0180. The second-order valence-electron chi connectivity index (χ2n) is 5.21. The fourth-order valence-corrected chi connectivity index (χ4v) is 2.89. The van der Waals surface area contributed by atoms with Crippen LogP contribution in [0.5, 0.6) is 0 Å². The lowest BCUT2D eigenvalue weighted by atomic mass is 10.1. The molecule has 3 rings (SSSR count). The van der Waals surface area contributed by atoms with Gasteiger partial charge in [-0.2, -0.15) is 4.57 Å². The molecular formula is C19H15BrNO2+. The van der Waals surface area contributed by atoms with E-state index in [2.05, 4.69) is 15.9 Å². The zero-order chi connectivity index (χ0) is 16.2. The van der Waals surface area contributed by atoms with Crippen molar-refractivity contribution in [1.82, 2.24) is 0 Å². The van der Waals surface area contributed by atoms with Gasteiger partial charge < -0.3 is 0 Å². The van der Waals surface area contributed by atoms with E-state index in [0.717, 1.165) is 10.9 Å². The number of Topliss-reactive ketones (excluding diaryl/α,β-unsaturated/α-hetero) is 2. The van der Waals surface area contributed by atoms with Crippen LogP contribution in [0.3, 0.4) is 0 Å². The standard InChI is InChI=1S/C19H15BrNO2/c20-12-18(22)17-11-10-14-6-4-5-9-16(14)21(17)13-19(23)15-7-2-1-3-8-15/h1-11H,12-13H2/q+1. The minimum Gasteiger partial charge on any atom is -0.287 e. The fraction of sp³-hybridized carbons (Fsp3) is 0.105. The number of nitrogens with zero attached hydrogens (tertiary/aromatic N) is 1. The van der Waals surface area contributed by atoms with Gasteiger partial charge in [-0.1, -0.05) is 58.4 Å². The van der Waals surface area contributed by atoms with Crippen molar-refractivity contribution in [2.45, 2.75) is 6.54 Å². The van der Waals surface area contributed by atoms with E-state index in [-0.39, 0.29) is 23.4 Å². The number of rotatable bonds is 5. The van der Waals surface area contributed by atoms with Crippen LogP contribution >= 0.6 is 15.9 Å². The highest BCUT2D eigenvalue weighted by Crippen LogP contribution is 2.12. The van der Waals surface area contributed by atoms with Gasteiger partial charge >= 0.3 is 0 Å². The van der Waals surface area contributed by atoms with Crippen molar-refractivity contribution < 1.29 is 14.2 Å². The third-order valence-corrected chi connectivity index (χ3v) is 4.25. The van der Waals surface area contributed by atoms with Gasteiger partial charge in [0.2, 0.25) is 29.3 Å². The molecular weight excluding hydrogens is 354 g/mol. The molecule has 0 aliphatic heterocycles. The minimum atomic E-state index is -0.0448. The zero-order valence-electron chi connectivity index (χ0n) is 12.4. The van der Waals surface area contributed by atoms with Gasteiger partial charge in [0.25, 0.3) is 0 Å². The predicted octanol–water partition coefficient (Wildman–Crippen LogP) is 3.59. The van der Waals surface area contributed by atoms with Gasteiger partial charge in [-0.15, -0.1) is 0 Å². The number of carbonyl (C=O) groups excluding carboxylic acids is 2. The van der Waals surface area contributed by atoms with Crippen LogP contribution < -0.4 is 4.57 Å². The van der Waals surface area contributed by atoms with Gasteiger partial charge in [0, 0.05) is 23.1 Å². The number of para-hydroxylation sites is 1. The molecule has 3 aromatic rings. The van der Waals surface area contributed by atoms with E-state index in [1.807, 2.05) is 48.5 Å². The number of carbonyl (C=O) groups is 2. The first-order chi connectivity index (χ1) is 11.2. The summed E-state index contributed by atoms with van der Waals surface area (Å²) in [5.41, 5.74) is 2.05. The Bertz CT molecular complexity index is 875. The van der Waals surface area contributed by atoms with Crippen LogP contribution in [0.1, 0.15) is 20.8 Å². The molecule has 0 N–H and O–H groups in total. The summed E-state index contributed by atoms with van der Waals surface area (Å²) in [5, 5.41) is 1.23. The van der Waals surface area contributed by atoms with E-state index >= 15 is 0 Å². The molecule has 0 bridgehead atoms. The summed E-state index contributed by atoms with van der Waals surface area (Å²) < 4.78 is 1.80. The number of pyridine rings is 1. The van der Waals surface area contributed by atoms with Gasteiger partial charge in [0.15, 0.2) is 0 Å². The lowest BCUT2D eigenvalue weighted by Gasteiger charge is -2.06. The maximum atomic E-state index is 12.6. The fourth-order valence-electron chi connectivity index (χ4n) is 2.60. The second-order valence-corrected chi connectivity index (χ2v) is 5.77. The number of aromatic nitrogens is 1. The molecule has 0 atom stereocenters. The Kier molecular flexibility index (Phi) is 4.63. The van der Waals surface area contributed by atoms with Crippen LogP contribution in [0.2, 0.25) is 0 Å². The van der Waals surface area contributed by atoms with Crippen molar-refractivity contribution >= 4 is 38.4 Å². The Morgan fingerprint density at radius 2 is 1.52 bits per heavy atom. The molecule has 0 radical (unpaired) electrons. The Balaban J connectivity index is 2.10. The summed E-state index contributed by atoms with van der Waals surface area (Å²) >= 11 is 3.21.